The smallest absolute Gasteiger partial charge is 0.257 e. The molecule has 0 aliphatic carbocycles. The normalized spacial score (nSPS) is 24.9. The van der Waals surface area contributed by atoms with Gasteiger partial charge in [-0.15, -0.1) is 22.0 Å². The van der Waals surface area contributed by atoms with Crippen LogP contribution in [0.2, 0.25) is 0 Å². The van der Waals surface area contributed by atoms with Crippen molar-refractivity contribution in [2.45, 2.75) is 24.4 Å². The first-order valence-corrected chi connectivity index (χ1v) is 8.83. The number of anilines is 1. The van der Waals surface area contributed by atoms with Crippen LogP contribution in [0.15, 0.2) is 29.8 Å². The summed E-state index contributed by atoms with van der Waals surface area (Å²) in [6.45, 7) is 2.12. The van der Waals surface area contributed by atoms with Crippen molar-refractivity contribution in [1.82, 2.24) is 15.5 Å². The van der Waals surface area contributed by atoms with E-state index in [-0.39, 0.29) is 16.9 Å². The quantitative estimate of drug-likeness (QED) is 0.794. The number of amides is 1. The van der Waals surface area contributed by atoms with Gasteiger partial charge < -0.3 is 5.73 Å². The zero-order chi connectivity index (χ0) is 15.6. The number of nitrogens with zero attached hydrogens (tertiary/aromatic N) is 2. The number of hydrogen-bond acceptors (Lipinski definition) is 7. The molecule has 0 saturated carbocycles. The summed E-state index contributed by atoms with van der Waals surface area (Å²) in [5, 5.41) is 14.2. The lowest BCUT2D eigenvalue weighted by molar-refractivity contribution is 0.102. The van der Waals surface area contributed by atoms with Crippen molar-refractivity contribution in [2.24, 2.45) is 5.73 Å². The summed E-state index contributed by atoms with van der Waals surface area (Å²) < 4.78 is 0. The first-order chi connectivity index (χ1) is 10.6. The molecule has 1 aliphatic rings. The summed E-state index contributed by atoms with van der Waals surface area (Å²) in [4.78, 5) is 12.3. The second-order valence-corrected chi connectivity index (χ2v) is 7.38. The van der Waals surface area contributed by atoms with Crippen LogP contribution in [-0.4, -0.2) is 27.4 Å². The first kappa shape index (κ1) is 15.4. The molecule has 1 fully saturated rings. The molecule has 2 heterocycles. The van der Waals surface area contributed by atoms with Gasteiger partial charge in [0.25, 0.3) is 5.91 Å². The molecule has 1 amide bonds. The number of nitrogens with one attached hydrogen (secondary N) is 2. The van der Waals surface area contributed by atoms with Gasteiger partial charge in [0.15, 0.2) is 0 Å². The number of carbonyl (C=O) groups is 1. The Morgan fingerprint density at radius 3 is 3.14 bits per heavy atom. The van der Waals surface area contributed by atoms with E-state index in [0.717, 1.165) is 17.7 Å². The van der Waals surface area contributed by atoms with Crippen LogP contribution < -0.4 is 16.4 Å². The maximum atomic E-state index is 12.3. The lowest BCUT2D eigenvalue weighted by Crippen LogP contribution is -2.52. The Hall–Kier alpha value is -1.48. The number of thioether (sulfide) groups is 1. The summed E-state index contributed by atoms with van der Waals surface area (Å²) >= 11 is 2.99. The van der Waals surface area contributed by atoms with Gasteiger partial charge in [-0.1, -0.05) is 23.5 Å². The minimum absolute atomic E-state index is 0.0855. The van der Waals surface area contributed by atoms with E-state index in [1.165, 1.54) is 11.3 Å². The Labute approximate surface area is 136 Å². The van der Waals surface area contributed by atoms with Gasteiger partial charge in [0.05, 0.1) is 0 Å². The highest BCUT2D eigenvalue weighted by molar-refractivity contribution is 7.99. The number of aromatic nitrogens is 2. The van der Waals surface area contributed by atoms with Crippen LogP contribution in [0.5, 0.6) is 0 Å². The van der Waals surface area contributed by atoms with Crippen LogP contribution >= 0.6 is 23.1 Å². The molecule has 1 saturated heterocycles. The Morgan fingerprint density at radius 2 is 2.41 bits per heavy atom. The van der Waals surface area contributed by atoms with Crippen LogP contribution in [0, 0.1) is 0 Å². The van der Waals surface area contributed by atoms with Crippen molar-refractivity contribution < 1.29 is 4.79 Å². The third kappa shape index (κ3) is 3.30. The SMILES string of the molecule is CC1(c2cccc(C(=O)Nc3nncs3)c2)CCSC(N)N1. The molecular formula is C14H17N5OS2. The lowest BCUT2D eigenvalue weighted by atomic mass is 9.88. The molecule has 2 unspecified atom stereocenters. The Bertz CT molecular complexity index is 663. The fourth-order valence-electron chi connectivity index (χ4n) is 2.45. The van der Waals surface area contributed by atoms with Crippen LogP contribution in [0.3, 0.4) is 0 Å². The van der Waals surface area contributed by atoms with Crippen molar-refractivity contribution >= 4 is 34.1 Å². The van der Waals surface area contributed by atoms with Crippen LogP contribution in [-0.2, 0) is 5.54 Å². The van der Waals surface area contributed by atoms with Crippen LogP contribution in [0.25, 0.3) is 0 Å². The summed E-state index contributed by atoms with van der Waals surface area (Å²) in [7, 11) is 0. The van der Waals surface area contributed by atoms with Gasteiger partial charge in [0.2, 0.25) is 5.13 Å². The average Bonchev–Trinajstić information content (AvgIpc) is 3.00. The van der Waals surface area contributed by atoms with Crippen molar-refractivity contribution in [3.8, 4) is 0 Å². The molecule has 8 heteroatoms. The third-order valence-electron chi connectivity index (χ3n) is 3.70. The van der Waals surface area contributed by atoms with Gasteiger partial charge in [-0.25, -0.2) is 0 Å². The molecule has 1 aliphatic heterocycles. The van der Waals surface area contributed by atoms with Crippen LogP contribution in [0.4, 0.5) is 5.13 Å². The molecule has 0 spiro atoms. The zero-order valence-corrected chi connectivity index (χ0v) is 13.7. The molecular weight excluding hydrogens is 318 g/mol. The van der Waals surface area contributed by atoms with E-state index in [2.05, 4.69) is 27.8 Å². The van der Waals surface area contributed by atoms with Crippen molar-refractivity contribution in [3.63, 3.8) is 0 Å². The fourth-order valence-corrected chi connectivity index (χ4v) is 4.01. The molecule has 3 rings (SSSR count). The van der Waals surface area contributed by atoms with E-state index >= 15 is 0 Å². The van der Waals surface area contributed by atoms with E-state index in [1.807, 2.05) is 18.2 Å². The zero-order valence-electron chi connectivity index (χ0n) is 12.1. The van der Waals surface area contributed by atoms with E-state index in [4.69, 9.17) is 5.73 Å². The molecule has 1 aromatic carbocycles. The topological polar surface area (TPSA) is 92.9 Å². The second-order valence-electron chi connectivity index (χ2n) is 5.30. The molecule has 0 bridgehead atoms. The van der Waals surface area contributed by atoms with Gasteiger partial charge in [-0.3, -0.25) is 15.4 Å². The maximum absolute atomic E-state index is 12.3. The third-order valence-corrected chi connectivity index (χ3v) is 5.23. The predicted molar refractivity (Wildman–Crippen MR) is 89.8 cm³/mol. The highest BCUT2D eigenvalue weighted by atomic mass is 32.2. The van der Waals surface area contributed by atoms with Crippen molar-refractivity contribution in [2.75, 3.05) is 11.1 Å². The highest BCUT2D eigenvalue weighted by Gasteiger charge is 2.32. The lowest BCUT2D eigenvalue weighted by Gasteiger charge is -2.38. The Morgan fingerprint density at radius 1 is 1.55 bits per heavy atom. The van der Waals surface area contributed by atoms with Crippen molar-refractivity contribution in [3.05, 3.63) is 40.9 Å². The molecule has 2 aromatic rings. The van der Waals surface area contributed by atoms with Gasteiger partial charge in [-0.2, -0.15) is 0 Å². The van der Waals surface area contributed by atoms with Crippen molar-refractivity contribution in [1.29, 1.82) is 0 Å². The minimum Gasteiger partial charge on any atom is -0.307 e. The standard InChI is InChI=1S/C14H17N5OS2/c1-14(5-6-21-12(15)18-14)10-4-2-3-9(7-10)11(20)17-13-19-16-8-22-13/h2-4,7-8,12,18H,5-6,15H2,1H3,(H,17,19,20). The molecule has 22 heavy (non-hydrogen) atoms. The number of rotatable bonds is 3. The summed E-state index contributed by atoms with van der Waals surface area (Å²) in [5.74, 6) is 0.808. The summed E-state index contributed by atoms with van der Waals surface area (Å²) in [6, 6.07) is 7.62. The number of carbonyl (C=O) groups excluding carboxylic acids is 1. The molecule has 116 valence electrons. The molecule has 4 N–H and O–H groups in total. The monoisotopic (exact) mass is 335 g/mol. The number of hydrogen-bond donors (Lipinski definition) is 3. The van der Waals surface area contributed by atoms with E-state index in [9.17, 15) is 4.79 Å². The van der Waals surface area contributed by atoms with Gasteiger partial charge in [-0.05, 0) is 36.8 Å². The largest absolute Gasteiger partial charge is 0.307 e. The van der Waals surface area contributed by atoms with E-state index in [0.29, 0.717) is 10.7 Å². The molecule has 2 atom stereocenters. The summed E-state index contributed by atoms with van der Waals surface area (Å²) in [6.07, 6.45) is 0.965. The highest BCUT2D eigenvalue weighted by Crippen LogP contribution is 2.32. The van der Waals surface area contributed by atoms with Gasteiger partial charge in [0, 0.05) is 11.1 Å². The van der Waals surface area contributed by atoms with Crippen LogP contribution in [0.1, 0.15) is 29.3 Å². The number of benzene rings is 1. The molecule has 0 radical (unpaired) electrons. The van der Waals surface area contributed by atoms with E-state index in [1.54, 1.807) is 23.3 Å². The fraction of sp³-hybridized carbons (Fsp3) is 0.357. The molecule has 6 nitrogen and oxygen atoms in total. The predicted octanol–water partition coefficient (Wildman–Crippen LogP) is 1.97. The first-order valence-electron chi connectivity index (χ1n) is 6.90. The Balaban J connectivity index is 1.81. The Kier molecular flexibility index (Phi) is 4.44. The molecule has 1 aromatic heterocycles. The number of nitrogens with two attached hydrogens (primary N) is 1. The average molecular weight is 335 g/mol. The van der Waals surface area contributed by atoms with E-state index < -0.39 is 0 Å². The second kappa shape index (κ2) is 6.33. The van der Waals surface area contributed by atoms with Gasteiger partial charge in [0.1, 0.15) is 11.0 Å². The maximum Gasteiger partial charge on any atom is 0.257 e. The van der Waals surface area contributed by atoms with Gasteiger partial charge >= 0.3 is 0 Å². The minimum atomic E-state index is -0.219. The summed E-state index contributed by atoms with van der Waals surface area (Å²) in [5.41, 5.74) is 8.93.